The van der Waals surface area contributed by atoms with Gasteiger partial charge in [-0.2, -0.15) is 0 Å². The largest absolute Gasteiger partial charge is 0.235 e. The molecule has 0 spiro atoms. The van der Waals surface area contributed by atoms with Crippen molar-refractivity contribution in [2.75, 3.05) is 0 Å². The van der Waals surface area contributed by atoms with Crippen molar-refractivity contribution in [2.24, 2.45) is 0 Å². The summed E-state index contributed by atoms with van der Waals surface area (Å²) in [6.07, 6.45) is 0. The van der Waals surface area contributed by atoms with Gasteiger partial charge in [-0.25, -0.2) is 22.0 Å². The Hall–Kier alpha value is -5.49. The third kappa shape index (κ3) is 4.28. The average molecular weight is 608 g/mol. The van der Waals surface area contributed by atoms with E-state index in [4.69, 9.17) is 0 Å². The number of halogens is 5. The molecular weight excluding hydrogens is 586 g/mol. The zero-order valence-electron chi connectivity index (χ0n) is 24.2. The summed E-state index contributed by atoms with van der Waals surface area (Å²) < 4.78 is 75.2. The molecule has 0 amide bonds. The molecule has 0 saturated carbocycles. The number of hydrogen-bond donors (Lipinski definition) is 0. The highest BCUT2D eigenvalue weighted by molar-refractivity contribution is 6.96. The summed E-state index contributed by atoms with van der Waals surface area (Å²) in [5.41, 5.74) is 2.36. The van der Waals surface area contributed by atoms with Crippen LogP contribution in [0.3, 0.4) is 0 Å². The molecule has 46 heavy (non-hydrogen) atoms. The highest BCUT2D eigenvalue weighted by Crippen LogP contribution is 2.28. The first-order valence-corrected chi connectivity index (χ1v) is 14.9. The Balaban J connectivity index is 1.72. The Kier molecular flexibility index (Phi) is 6.61. The molecule has 0 nitrogen and oxygen atoms in total. The molecule has 0 N–H and O–H groups in total. The van der Waals surface area contributed by atoms with Crippen molar-refractivity contribution in [1.29, 1.82) is 0 Å². The predicted octanol–water partition coefficient (Wildman–Crippen LogP) is 8.36. The maximum Gasteiger partial charge on any atom is 0.235 e. The van der Waals surface area contributed by atoms with E-state index in [1.54, 1.807) is 12.0 Å². The van der Waals surface area contributed by atoms with E-state index >= 15 is 8.78 Å². The molecule has 0 fully saturated rings. The molecule has 7 aromatic carbocycles. The van der Waals surface area contributed by atoms with Gasteiger partial charge in [0.05, 0.1) is 0 Å². The molecule has 0 saturated heterocycles. The molecule has 1 heterocycles. The van der Waals surface area contributed by atoms with Gasteiger partial charge in [-0.3, -0.25) is 0 Å². The van der Waals surface area contributed by atoms with Crippen LogP contribution in [-0.4, -0.2) is 6.71 Å². The van der Waals surface area contributed by atoms with Crippen molar-refractivity contribution in [3.05, 3.63) is 171 Å². The van der Waals surface area contributed by atoms with Crippen LogP contribution in [0.4, 0.5) is 22.0 Å². The average Bonchev–Trinajstić information content (AvgIpc) is 3.28. The minimum atomic E-state index is -2.18. The van der Waals surface area contributed by atoms with E-state index in [0.717, 1.165) is 54.2 Å². The maximum absolute atomic E-state index is 15.7. The van der Waals surface area contributed by atoms with E-state index in [1.807, 2.05) is 121 Å². The Labute approximate surface area is 260 Å². The summed E-state index contributed by atoms with van der Waals surface area (Å²) in [6, 6.07) is 39.0. The summed E-state index contributed by atoms with van der Waals surface area (Å²) in [4.78, 5) is 0. The van der Waals surface area contributed by atoms with Crippen LogP contribution in [0.25, 0.3) is 55.7 Å². The van der Waals surface area contributed by atoms with Crippen LogP contribution in [-0.2, 0) is 0 Å². The topological polar surface area (TPSA) is 0 Å². The van der Waals surface area contributed by atoms with Crippen LogP contribution >= 0.6 is 0 Å². The van der Waals surface area contributed by atoms with Crippen LogP contribution in [0.2, 0.25) is 0 Å². The van der Waals surface area contributed by atoms with Crippen molar-refractivity contribution >= 4 is 45.7 Å². The second-order valence-electron chi connectivity index (χ2n) is 11.4. The normalized spacial score (nSPS) is 12.3. The van der Waals surface area contributed by atoms with E-state index in [1.165, 1.54) is 0 Å². The lowest BCUT2D eigenvalue weighted by Crippen LogP contribution is -2.37. The lowest BCUT2D eigenvalue weighted by atomic mass is 9.44. The number of hydrogen-bond acceptors (Lipinski definition) is 0. The van der Waals surface area contributed by atoms with E-state index in [0.29, 0.717) is 10.4 Å². The summed E-state index contributed by atoms with van der Waals surface area (Å²) in [7, 11) is 0. The van der Waals surface area contributed by atoms with Gasteiger partial charge in [-0.15, -0.1) is 0 Å². The molecule has 0 aromatic heterocycles. The molecule has 0 aliphatic carbocycles. The van der Waals surface area contributed by atoms with Gasteiger partial charge >= 0.3 is 0 Å². The second-order valence-corrected chi connectivity index (χ2v) is 11.4. The summed E-state index contributed by atoms with van der Waals surface area (Å²) in [5.74, 6) is -6.52. The summed E-state index contributed by atoms with van der Waals surface area (Å²) >= 11 is 0. The smallest absolute Gasteiger partial charge is 0.204 e. The Bertz CT molecular complexity index is 2410. The maximum atomic E-state index is 15.7. The molecular formula is C40H22BF5. The van der Waals surface area contributed by atoms with Crippen LogP contribution < -0.4 is 15.9 Å². The number of rotatable bonds is 3. The first kappa shape index (κ1) is 28.0. The Morgan fingerprint density at radius 2 is 0.761 bits per heavy atom. The molecule has 1 aliphatic rings. The minimum Gasteiger partial charge on any atom is -0.204 e. The first-order chi connectivity index (χ1) is 22.4. The third-order valence-corrected chi connectivity index (χ3v) is 8.87. The zero-order chi connectivity index (χ0) is 31.5. The molecule has 0 atom stereocenters. The second kappa shape index (κ2) is 10.8. The molecule has 1 aliphatic heterocycles. The van der Waals surface area contributed by atoms with Gasteiger partial charge in [0.1, 0.15) is 0 Å². The highest BCUT2D eigenvalue weighted by atomic mass is 19.2. The Morgan fingerprint density at radius 1 is 0.391 bits per heavy atom. The number of benzene rings is 7. The van der Waals surface area contributed by atoms with Gasteiger partial charge in [0.2, 0.25) is 6.71 Å². The Morgan fingerprint density at radius 3 is 1.20 bits per heavy atom. The van der Waals surface area contributed by atoms with E-state index in [-0.39, 0.29) is 0 Å². The lowest BCUT2D eigenvalue weighted by molar-refractivity contribution is 0.384. The van der Waals surface area contributed by atoms with Gasteiger partial charge in [0, 0.05) is 5.46 Å². The fourth-order valence-electron chi connectivity index (χ4n) is 6.81. The van der Waals surface area contributed by atoms with E-state index in [9.17, 15) is 13.2 Å². The van der Waals surface area contributed by atoms with Crippen molar-refractivity contribution in [3.8, 4) is 22.3 Å². The molecule has 0 unspecified atom stereocenters. The monoisotopic (exact) mass is 608 g/mol. The standard InChI is InChI=1S/C40H22BF5/c42-36-35(37(43)39(45)40(46)38(36)44)41-21-31-29(23-11-3-1-4-12-23)19-25-15-7-9-17-27(25)33(31)34-28-18-10-8-16-26(28)20-30(32(34)22-41)24-13-5-2-6-14-24/h1-22H. The van der Waals surface area contributed by atoms with Gasteiger partial charge in [-0.1, -0.05) is 121 Å². The lowest BCUT2D eigenvalue weighted by Gasteiger charge is -2.12. The van der Waals surface area contributed by atoms with Gasteiger partial charge in [-0.05, 0) is 76.8 Å². The van der Waals surface area contributed by atoms with Crippen LogP contribution in [0, 0.1) is 39.5 Å². The van der Waals surface area contributed by atoms with Gasteiger partial charge in [0.15, 0.2) is 29.1 Å². The van der Waals surface area contributed by atoms with Crippen molar-refractivity contribution in [1.82, 2.24) is 0 Å². The molecule has 7 aromatic rings. The predicted molar refractivity (Wildman–Crippen MR) is 176 cm³/mol. The number of fused-ring (bicyclic) bond motifs is 6. The quantitative estimate of drug-likeness (QED) is 0.0819. The minimum absolute atomic E-state index is 0.643. The fourth-order valence-corrected chi connectivity index (χ4v) is 6.81. The van der Waals surface area contributed by atoms with Gasteiger partial charge < -0.3 is 0 Å². The summed E-state index contributed by atoms with van der Waals surface area (Å²) in [6.45, 7) is -1.31. The van der Waals surface area contributed by atoms with E-state index < -0.39 is 41.3 Å². The summed E-state index contributed by atoms with van der Waals surface area (Å²) in [5, 5.41) is 6.63. The molecule has 0 bridgehead atoms. The van der Waals surface area contributed by atoms with E-state index in [2.05, 4.69) is 0 Å². The van der Waals surface area contributed by atoms with Crippen molar-refractivity contribution < 1.29 is 22.0 Å². The van der Waals surface area contributed by atoms with Crippen LogP contribution in [0.15, 0.2) is 121 Å². The van der Waals surface area contributed by atoms with Crippen LogP contribution in [0.1, 0.15) is 0 Å². The molecule has 6 heteroatoms. The fraction of sp³-hybridized carbons (Fsp3) is 0. The zero-order valence-corrected chi connectivity index (χ0v) is 24.2. The van der Waals surface area contributed by atoms with Crippen LogP contribution in [0.5, 0.6) is 0 Å². The molecule has 0 radical (unpaired) electrons. The van der Waals surface area contributed by atoms with Crippen molar-refractivity contribution in [2.45, 2.75) is 0 Å². The molecule has 8 rings (SSSR count). The highest BCUT2D eigenvalue weighted by Gasteiger charge is 2.31. The SMILES string of the molecule is Fc1c(F)c(F)c(B2C=c3c(-c4ccccc4)cc4ccccc4c3=c3c(c(-c4ccccc4)cc4ccccc34)=C2)c(F)c1F. The van der Waals surface area contributed by atoms with Crippen molar-refractivity contribution in [3.63, 3.8) is 0 Å². The first-order valence-electron chi connectivity index (χ1n) is 14.9. The molecule has 220 valence electrons. The third-order valence-electron chi connectivity index (χ3n) is 8.87. The van der Waals surface area contributed by atoms with Gasteiger partial charge in [0.25, 0.3) is 0 Å².